The largest absolute Gasteiger partial charge is 0.399 e. The minimum absolute atomic E-state index is 0.0306. The number of carbonyl (C=O) groups excluding carboxylic acids is 1. The lowest BCUT2D eigenvalue weighted by Crippen LogP contribution is -2.48. The Morgan fingerprint density at radius 1 is 1.47 bits per heavy atom. The second kappa shape index (κ2) is 5.61. The third-order valence-corrected chi connectivity index (χ3v) is 4.16. The Labute approximate surface area is 115 Å². The van der Waals surface area contributed by atoms with E-state index < -0.39 is 0 Å². The first-order chi connectivity index (χ1) is 8.99. The molecule has 3 N–H and O–H groups in total. The van der Waals surface area contributed by atoms with Crippen LogP contribution in [0.2, 0.25) is 0 Å². The smallest absolute Gasteiger partial charge is 0.241 e. The van der Waals surface area contributed by atoms with Gasteiger partial charge in [-0.3, -0.25) is 9.69 Å². The van der Waals surface area contributed by atoms with Gasteiger partial charge < -0.3 is 11.1 Å². The van der Waals surface area contributed by atoms with Gasteiger partial charge in [-0.25, -0.2) is 0 Å². The fourth-order valence-corrected chi connectivity index (χ4v) is 2.31. The average molecular weight is 261 g/mol. The van der Waals surface area contributed by atoms with Gasteiger partial charge in [-0.2, -0.15) is 0 Å². The van der Waals surface area contributed by atoms with Crippen LogP contribution >= 0.6 is 0 Å². The summed E-state index contributed by atoms with van der Waals surface area (Å²) >= 11 is 0. The second-order valence-electron chi connectivity index (χ2n) is 5.49. The number of hydrogen-bond donors (Lipinski definition) is 2. The minimum Gasteiger partial charge on any atom is -0.399 e. The predicted molar refractivity (Wildman–Crippen MR) is 79.1 cm³/mol. The summed E-state index contributed by atoms with van der Waals surface area (Å²) in [6.07, 6.45) is 3.68. The number of benzene rings is 1. The van der Waals surface area contributed by atoms with Crippen molar-refractivity contribution in [3.63, 3.8) is 0 Å². The standard InChI is InChI=1S/C15H23N3O/c1-10-7-8-12(16)9-14(10)17-15(19)11(2)18(3)13-5-4-6-13/h7-9,11,13H,4-6,16H2,1-3H3,(H,17,19). The maximum atomic E-state index is 12.3. The minimum atomic E-state index is -0.119. The van der Waals surface area contributed by atoms with E-state index in [-0.39, 0.29) is 11.9 Å². The summed E-state index contributed by atoms with van der Waals surface area (Å²) in [5.41, 5.74) is 8.26. The second-order valence-corrected chi connectivity index (χ2v) is 5.49. The molecular formula is C15H23N3O. The van der Waals surface area contributed by atoms with Crippen LogP contribution in [0.1, 0.15) is 31.7 Å². The van der Waals surface area contributed by atoms with Gasteiger partial charge in [-0.1, -0.05) is 12.5 Å². The Morgan fingerprint density at radius 3 is 2.74 bits per heavy atom. The molecule has 0 bridgehead atoms. The van der Waals surface area contributed by atoms with Crippen LogP contribution in [0.5, 0.6) is 0 Å². The fourth-order valence-electron chi connectivity index (χ4n) is 2.31. The third-order valence-electron chi connectivity index (χ3n) is 4.16. The van der Waals surface area contributed by atoms with Crippen LogP contribution in [-0.2, 0) is 4.79 Å². The molecule has 0 spiro atoms. The number of likely N-dealkylation sites (N-methyl/N-ethyl adjacent to an activating group) is 1. The highest BCUT2D eigenvalue weighted by Gasteiger charge is 2.28. The Hall–Kier alpha value is -1.55. The molecule has 1 aromatic carbocycles. The highest BCUT2D eigenvalue weighted by molar-refractivity contribution is 5.95. The van der Waals surface area contributed by atoms with E-state index >= 15 is 0 Å². The van der Waals surface area contributed by atoms with Gasteiger partial charge in [0, 0.05) is 17.4 Å². The van der Waals surface area contributed by atoms with Crippen molar-refractivity contribution < 1.29 is 4.79 Å². The molecule has 0 aromatic heterocycles. The molecule has 1 saturated carbocycles. The summed E-state index contributed by atoms with van der Waals surface area (Å²) in [5, 5.41) is 2.97. The molecule has 1 aliphatic rings. The molecule has 2 rings (SSSR count). The first kappa shape index (κ1) is 13.9. The van der Waals surface area contributed by atoms with E-state index in [9.17, 15) is 4.79 Å². The van der Waals surface area contributed by atoms with E-state index in [2.05, 4.69) is 10.2 Å². The number of aryl methyl sites for hydroxylation is 1. The Balaban J connectivity index is 2.01. The maximum Gasteiger partial charge on any atom is 0.241 e. The van der Waals surface area contributed by atoms with E-state index in [1.807, 2.05) is 39.1 Å². The molecule has 1 aliphatic carbocycles. The Morgan fingerprint density at radius 2 is 2.16 bits per heavy atom. The van der Waals surface area contributed by atoms with E-state index in [4.69, 9.17) is 5.73 Å². The van der Waals surface area contributed by atoms with Gasteiger partial charge in [0.15, 0.2) is 0 Å². The van der Waals surface area contributed by atoms with Crippen molar-refractivity contribution in [2.24, 2.45) is 0 Å². The van der Waals surface area contributed by atoms with E-state index in [1.165, 1.54) is 19.3 Å². The van der Waals surface area contributed by atoms with Crippen LogP contribution in [-0.4, -0.2) is 29.9 Å². The SMILES string of the molecule is Cc1ccc(N)cc1NC(=O)C(C)N(C)C1CCC1. The Kier molecular flexibility index (Phi) is 4.10. The number of nitrogens with two attached hydrogens (primary N) is 1. The lowest BCUT2D eigenvalue weighted by Gasteiger charge is -2.37. The molecule has 4 heteroatoms. The third kappa shape index (κ3) is 3.07. The fraction of sp³-hybridized carbons (Fsp3) is 0.533. The molecule has 0 saturated heterocycles. The zero-order valence-electron chi connectivity index (χ0n) is 11.9. The summed E-state index contributed by atoms with van der Waals surface area (Å²) in [6.45, 7) is 3.92. The summed E-state index contributed by atoms with van der Waals surface area (Å²) in [5.74, 6) is 0.0306. The van der Waals surface area contributed by atoms with Crippen molar-refractivity contribution in [3.05, 3.63) is 23.8 Å². The Bertz CT molecular complexity index is 468. The summed E-state index contributed by atoms with van der Waals surface area (Å²) in [4.78, 5) is 14.4. The topological polar surface area (TPSA) is 58.4 Å². The molecule has 0 heterocycles. The summed E-state index contributed by atoms with van der Waals surface area (Å²) in [7, 11) is 2.03. The molecule has 0 aliphatic heterocycles. The van der Waals surface area contributed by atoms with Gasteiger partial charge in [0.1, 0.15) is 0 Å². The molecule has 1 aromatic rings. The molecule has 1 atom stereocenters. The maximum absolute atomic E-state index is 12.3. The number of nitrogens with one attached hydrogen (secondary N) is 1. The van der Waals surface area contributed by atoms with Gasteiger partial charge in [0.05, 0.1) is 6.04 Å². The van der Waals surface area contributed by atoms with E-state index in [0.717, 1.165) is 11.3 Å². The van der Waals surface area contributed by atoms with Gasteiger partial charge in [-0.05, 0) is 51.4 Å². The number of nitrogen functional groups attached to an aromatic ring is 1. The van der Waals surface area contributed by atoms with Gasteiger partial charge >= 0.3 is 0 Å². The van der Waals surface area contributed by atoms with Crippen LogP contribution in [0.15, 0.2) is 18.2 Å². The first-order valence-corrected chi connectivity index (χ1v) is 6.88. The first-order valence-electron chi connectivity index (χ1n) is 6.88. The molecule has 0 radical (unpaired) electrons. The monoisotopic (exact) mass is 261 g/mol. The van der Waals surface area contributed by atoms with Gasteiger partial charge in [0.2, 0.25) is 5.91 Å². The zero-order valence-corrected chi connectivity index (χ0v) is 11.9. The predicted octanol–water partition coefficient (Wildman–Crippen LogP) is 2.39. The number of amides is 1. The normalized spacial score (nSPS) is 17.1. The summed E-state index contributed by atoms with van der Waals surface area (Å²) in [6, 6.07) is 6.01. The van der Waals surface area contributed by atoms with Crippen molar-refractivity contribution in [1.29, 1.82) is 0 Å². The van der Waals surface area contributed by atoms with Crippen LogP contribution in [0.25, 0.3) is 0 Å². The van der Waals surface area contributed by atoms with Gasteiger partial charge in [0.25, 0.3) is 0 Å². The summed E-state index contributed by atoms with van der Waals surface area (Å²) < 4.78 is 0. The number of rotatable bonds is 4. The van der Waals surface area contributed by atoms with Crippen molar-refractivity contribution in [3.8, 4) is 0 Å². The quantitative estimate of drug-likeness (QED) is 0.818. The molecule has 4 nitrogen and oxygen atoms in total. The van der Waals surface area contributed by atoms with Crippen molar-refractivity contribution in [1.82, 2.24) is 4.90 Å². The van der Waals surface area contributed by atoms with Crippen LogP contribution < -0.4 is 11.1 Å². The zero-order chi connectivity index (χ0) is 14.0. The molecule has 1 amide bonds. The lowest BCUT2D eigenvalue weighted by atomic mass is 9.91. The highest BCUT2D eigenvalue weighted by Crippen LogP contribution is 2.25. The van der Waals surface area contributed by atoms with Gasteiger partial charge in [-0.15, -0.1) is 0 Å². The van der Waals surface area contributed by atoms with Crippen molar-refractivity contribution >= 4 is 17.3 Å². The average Bonchev–Trinajstić information content (AvgIpc) is 2.30. The highest BCUT2D eigenvalue weighted by atomic mass is 16.2. The number of hydrogen-bond acceptors (Lipinski definition) is 3. The number of carbonyl (C=O) groups is 1. The van der Waals surface area contributed by atoms with Crippen LogP contribution in [0.3, 0.4) is 0 Å². The van der Waals surface area contributed by atoms with E-state index in [0.29, 0.717) is 11.7 Å². The molecule has 104 valence electrons. The molecule has 19 heavy (non-hydrogen) atoms. The van der Waals surface area contributed by atoms with Crippen LogP contribution in [0.4, 0.5) is 11.4 Å². The van der Waals surface area contributed by atoms with Crippen LogP contribution in [0, 0.1) is 6.92 Å². The lowest BCUT2D eigenvalue weighted by molar-refractivity contribution is -0.121. The van der Waals surface area contributed by atoms with Crippen molar-refractivity contribution in [2.75, 3.05) is 18.1 Å². The molecular weight excluding hydrogens is 238 g/mol. The number of nitrogens with zero attached hydrogens (tertiary/aromatic N) is 1. The van der Waals surface area contributed by atoms with E-state index in [1.54, 1.807) is 0 Å². The molecule has 1 fully saturated rings. The molecule has 1 unspecified atom stereocenters. The van der Waals surface area contributed by atoms with Crippen molar-refractivity contribution in [2.45, 2.75) is 45.2 Å². The number of anilines is 2.